The zero-order valence-corrected chi connectivity index (χ0v) is 26.2. The fourth-order valence-corrected chi connectivity index (χ4v) is 7.55. The van der Waals surface area contributed by atoms with Gasteiger partial charge < -0.3 is 0 Å². The van der Waals surface area contributed by atoms with Gasteiger partial charge in [0.15, 0.2) is 17.5 Å². The molecule has 47 heavy (non-hydrogen) atoms. The Morgan fingerprint density at radius 1 is 0.340 bits per heavy atom. The number of thiophene rings is 1. The van der Waals surface area contributed by atoms with Crippen molar-refractivity contribution in [3.63, 3.8) is 0 Å². The van der Waals surface area contributed by atoms with Crippen LogP contribution in [0.5, 0.6) is 0 Å². The molecule has 0 saturated heterocycles. The summed E-state index contributed by atoms with van der Waals surface area (Å²) in [6.07, 6.45) is 0. The fourth-order valence-electron chi connectivity index (χ4n) is 6.44. The van der Waals surface area contributed by atoms with Crippen molar-refractivity contribution in [2.75, 3.05) is 0 Å². The van der Waals surface area contributed by atoms with Crippen molar-refractivity contribution in [3.05, 3.63) is 164 Å². The van der Waals surface area contributed by atoms with E-state index < -0.39 is 0 Å². The molecule has 4 heteroatoms. The monoisotopic (exact) mass is 617 g/mol. The van der Waals surface area contributed by atoms with Gasteiger partial charge in [-0.2, -0.15) is 0 Å². The van der Waals surface area contributed by atoms with E-state index in [4.69, 9.17) is 15.0 Å². The second kappa shape index (κ2) is 11.4. The Balaban J connectivity index is 1.23. The Hall–Kier alpha value is -5.97. The molecule has 9 rings (SSSR count). The Morgan fingerprint density at radius 3 is 1.68 bits per heavy atom. The van der Waals surface area contributed by atoms with E-state index in [-0.39, 0.29) is 0 Å². The summed E-state index contributed by atoms with van der Waals surface area (Å²) >= 11 is 1.81. The van der Waals surface area contributed by atoms with Crippen LogP contribution in [-0.2, 0) is 0 Å². The van der Waals surface area contributed by atoms with Crippen LogP contribution in [-0.4, -0.2) is 15.0 Å². The minimum atomic E-state index is 0.654. The average Bonchev–Trinajstić information content (AvgIpc) is 3.53. The molecule has 0 spiro atoms. The normalized spacial score (nSPS) is 11.4. The van der Waals surface area contributed by atoms with Gasteiger partial charge in [0, 0.05) is 36.9 Å². The van der Waals surface area contributed by atoms with Crippen LogP contribution in [0, 0.1) is 0 Å². The highest BCUT2D eigenvalue weighted by Gasteiger charge is 2.18. The lowest BCUT2D eigenvalue weighted by molar-refractivity contribution is 1.08. The van der Waals surface area contributed by atoms with E-state index in [0.29, 0.717) is 17.5 Å². The highest BCUT2D eigenvalue weighted by atomic mass is 32.1. The topological polar surface area (TPSA) is 38.7 Å². The molecule has 9 aromatic rings. The third kappa shape index (κ3) is 4.96. The van der Waals surface area contributed by atoms with Gasteiger partial charge in [0.25, 0.3) is 0 Å². The van der Waals surface area contributed by atoms with Crippen LogP contribution in [0.1, 0.15) is 0 Å². The number of nitrogens with zero attached hydrogens (tertiary/aromatic N) is 3. The van der Waals surface area contributed by atoms with Crippen LogP contribution in [0.4, 0.5) is 0 Å². The molecule has 220 valence electrons. The van der Waals surface area contributed by atoms with Gasteiger partial charge in [-0.25, -0.2) is 15.0 Å². The Bertz CT molecular complexity index is 2550. The molecule has 0 unspecified atom stereocenters. The first-order chi connectivity index (χ1) is 23.3. The number of benzene rings is 7. The zero-order chi connectivity index (χ0) is 31.2. The first-order valence-corrected chi connectivity index (χ1v) is 16.5. The minimum absolute atomic E-state index is 0.654. The van der Waals surface area contributed by atoms with E-state index in [2.05, 4.69) is 140 Å². The summed E-state index contributed by atoms with van der Waals surface area (Å²) in [5.41, 5.74) is 7.68. The van der Waals surface area contributed by atoms with Crippen LogP contribution in [0.25, 0.3) is 87.4 Å². The van der Waals surface area contributed by atoms with Gasteiger partial charge in [-0.05, 0) is 51.2 Å². The van der Waals surface area contributed by atoms with Crippen LogP contribution < -0.4 is 0 Å². The maximum absolute atomic E-state index is 5.14. The van der Waals surface area contributed by atoms with Gasteiger partial charge in [-0.15, -0.1) is 11.3 Å². The number of hydrogen-bond donors (Lipinski definition) is 0. The van der Waals surface area contributed by atoms with Gasteiger partial charge in [-0.3, -0.25) is 0 Å². The molecule has 2 heterocycles. The summed E-state index contributed by atoms with van der Waals surface area (Å²) in [6.45, 7) is 0. The van der Waals surface area contributed by atoms with E-state index >= 15 is 0 Å². The van der Waals surface area contributed by atoms with E-state index in [9.17, 15) is 0 Å². The first kappa shape index (κ1) is 27.3. The SMILES string of the molecule is c1ccc(-c2ccc(-c3nc(-c4ccccc4)nc(-c4cccc5sc6ccc(-c7cccc8ccccc78)cc6c45)n3)cc2)cc1. The zero-order valence-electron chi connectivity index (χ0n) is 25.3. The largest absolute Gasteiger partial charge is 0.208 e. The lowest BCUT2D eigenvalue weighted by Gasteiger charge is -2.10. The number of aromatic nitrogens is 3. The average molecular weight is 618 g/mol. The molecule has 0 fully saturated rings. The molecule has 0 aliphatic carbocycles. The standard InChI is InChI=1S/C43H27N3S/c1-3-11-28(12-4-1)29-21-23-32(24-22-29)42-44-41(31-14-5-2-6-15-31)45-43(46-42)36-19-10-20-39-40(36)37-27-33(25-26-38(37)47-39)35-18-9-16-30-13-7-8-17-34(30)35/h1-27H. The fraction of sp³-hybridized carbons (Fsp3) is 0. The maximum atomic E-state index is 5.14. The minimum Gasteiger partial charge on any atom is -0.208 e. The van der Waals surface area contributed by atoms with Crippen molar-refractivity contribution in [1.82, 2.24) is 15.0 Å². The van der Waals surface area contributed by atoms with Crippen molar-refractivity contribution >= 4 is 42.3 Å². The molecular weight excluding hydrogens is 591 g/mol. The van der Waals surface area contributed by atoms with E-state index in [0.717, 1.165) is 22.3 Å². The molecule has 3 nitrogen and oxygen atoms in total. The summed E-state index contributed by atoms with van der Waals surface area (Å²) in [5, 5.41) is 4.87. The third-order valence-electron chi connectivity index (χ3n) is 8.75. The second-order valence-corrected chi connectivity index (χ2v) is 12.7. The summed E-state index contributed by atoms with van der Waals surface area (Å²) in [7, 11) is 0. The van der Waals surface area contributed by atoms with Gasteiger partial charge >= 0.3 is 0 Å². The highest BCUT2D eigenvalue weighted by molar-refractivity contribution is 7.26. The van der Waals surface area contributed by atoms with Crippen molar-refractivity contribution < 1.29 is 0 Å². The van der Waals surface area contributed by atoms with Crippen molar-refractivity contribution in [1.29, 1.82) is 0 Å². The number of rotatable bonds is 5. The van der Waals surface area contributed by atoms with Gasteiger partial charge in [-0.1, -0.05) is 146 Å². The quantitative estimate of drug-likeness (QED) is 0.193. The molecule has 0 saturated carbocycles. The molecule has 0 aliphatic heterocycles. The molecule has 7 aromatic carbocycles. The van der Waals surface area contributed by atoms with Crippen LogP contribution in [0.2, 0.25) is 0 Å². The smallest absolute Gasteiger partial charge is 0.164 e. The summed E-state index contributed by atoms with van der Waals surface area (Å²) < 4.78 is 2.45. The molecule has 0 radical (unpaired) electrons. The number of hydrogen-bond acceptors (Lipinski definition) is 4. The van der Waals surface area contributed by atoms with Crippen molar-refractivity contribution in [3.8, 4) is 56.4 Å². The molecule has 0 aliphatic rings. The second-order valence-electron chi connectivity index (χ2n) is 11.6. The van der Waals surface area contributed by atoms with Gasteiger partial charge in [0.05, 0.1) is 0 Å². The summed E-state index contributed by atoms with van der Waals surface area (Å²) in [5.74, 6) is 1.98. The van der Waals surface area contributed by atoms with Crippen LogP contribution >= 0.6 is 11.3 Å². The summed E-state index contributed by atoms with van der Waals surface area (Å²) in [4.78, 5) is 15.2. The van der Waals surface area contributed by atoms with Gasteiger partial charge in [0.2, 0.25) is 0 Å². The predicted octanol–water partition coefficient (Wildman–Crippen LogP) is 11.7. The molecular formula is C43H27N3S. The maximum Gasteiger partial charge on any atom is 0.164 e. The lowest BCUT2D eigenvalue weighted by atomic mass is 9.96. The third-order valence-corrected chi connectivity index (χ3v) is 9.89. The Morgan fingerprint density at radius 2 is 0.894 bits per heavy atom. The molecule has 0 N–H and O–H groups in total. The van der Waals surface area contributed by atoms with Crippen LogP contribution in [0.15, 0.2) is 164 Å². The van der Waals surface area contributed by atoms with Gasteiger partial charge in [0.1, 0.15) is 0 Å². The van der Waals surface area contributed by atoms with Crippen molar-refractivity contribution in [2.24, 2.45) is 0 Å². The Kier molecular flexibility index (Phi) is 6.65. The van der Waals surface area contributed by atoms with Crippen LogP contribution in [0.3, 0.4) is 0 Å². The first-order valence-electron chi connectivity index (χ1n) is 15.7. The molecule has 2 aromatic heterocycles. The van der Waals surface area contributed by atoms with E-state index in [1.54, 1.807) is 0 Å². The highest BCUT2D eigenvalue weighted by Crippen LogP contribution is 2.42. The van der Waals surface area contributed by atoms with Crippen molar-refractivity contribution in [2.45, 2.75) is 0 Å². The molecule has 0 atom stereocenters. The van der Waals surface area contributed by atoms with E-state index in [1.165, 1.54) is 47.6 Å². The predicted molar refractivity (Wildman–Crippen MR) is 197 cm³/mol. The molecule has 0 bridgehead atoms. The molecule has 0 amide bonds. The summed E-state index contributed by atoms with van der Waals surface area (Å²) in [6, 6.07) is 57.5. The van der Waals surface area contributed by atoms with E-state index in [1.807, 2.05) is 35.6 Å². The number of fused-ring (bicyclic) bond motifs is 4. The Labute approximate surface area is 276 Å². The lowest BCUT2D eigenvalue weighted by Crippen LogP contribution is -2.00.